The van der Waals surface area contributed by atoms with E-state index in [4.69, 9.17) is 9.78 Å². The van der Waals surface area contributed by atoms with Crippen molar-refractivity contribution in [3.8, 4) is 28.9 Å². The van der Waals surface area contributed by atoms with Crippen LogP contribution >= 0.6 is 15.9 Å². The highest BCUT2D eigenvalue weighted by Gasteiger charge is 2.16. The number of benzene rings is 1. The molecule has 0 radical (unpaired) electrons. The van der Waals surface area contributed by atoms with Gasteiger partial charge in [0.05, 0.1) is 11.8 Å². The zero-order chi connectivity index (χ0) is 14.1. The van der Waals surface area contributed by atoms with Crippen LogP contribution in [0.5, 0.6) is 0 Å². The minimum atomic E-state index is 0.271. The van der Waals surface area contributed by atoms with E-state index in [0.717, 1.165) is 15.6 Å². The number of nitriles is 1. The number of halogens is 1. The van der Waals surface area contributed by atoms with Gasteiger partial charge in [-0.25, -0.2) is 0 Å². The van der Waals surface area contributed by atoms with Crippen molar-refractivity contribution in [2.75, 3.05) is 0 Å². The Morgan fingerprint density at radius 3 is 2.95 bits per heavy atom. The molecule has 0 fully saturated rings. The number of H-pyrrole nitrogens is 1. The molecule has 2 heterocycles. The third-order valence-corrected chi connectivity index (χ3v) is 3.33. The van der Waals surface area contributed by atoms with Crippen molar-refractivity contribution in [3.63, 3.8) is 0 Å². The van der Waals surface area contributed by atoms with Gasteiger partial charge in [0, 0.05) is 10.0 Å². The molecule has 2 aromatic heterocycles. The minimum Gasteiger partial charge on any atom is -0.333 e. The molecule has 0 atom stereocenters. The summed E-state index contributed by atoms with van der Waals surface area (Å²) in [7, 11) is 0. The van der Waals surface area contributed by atoms with Crippen molar-refractivity contribution in [1.82, 2.24) is 20.3 Å². The third-order valence-electron chi connectivity index (χ3n) is 2.84. The van der Waals surface area contributed by atoms with Crippen molar-refractivity contribution in [2.45, 2.75) is 6.92 Å². The Morgan fingerprint density at radius 1 is 1.35 bits per heavy atom. The van der Waals surface area contributed by atoms with E-state index in [9.17, 15) is 0 Å². The van der Waals surface area contributed by atoms with Gasteiger partial charge < -0.3 is 4.52 Å². The number of rotatable bonds is 2. The lowest BCUT2D eigenvalue weighted by Crippen LogP contribution is -1.86. The highest BCUT2D eigenvalue weighted by Crippen LogP contribution is 2.27. The lowest BCUT2D eigenvalue weighted by molar-refractivity contribution is 0.432. The second-order valence-corrected chi connectivity index (χ2v) is 5.07. The van der Waals surface area contributed by atoms with Crippen LogP contribution in [0.3, 0.4) is 0 Å². The van der Waals surface area contributed by atoms with E-state index < -0.39 is 0 Å². The fourth-order valence-electron chi connectivity index (χ4n) is 1.85. The number of nitrogens with one attached hydrogen (secondary N) is 1. The van der Waals surface area contributed by atoms with Gasteiger partial charge in [-0.2, -0.15) is 15.3 Å². The number of nitrogens with zero attached hydrogens (tertiary/aromatic N) is 4. The molecule has 7 heteroatoms. The Labute approximate surface area is 122 Å². The van der Waals surface area contributed by atoms with Crippen LogP contribution in [-0.2, 0) is 0 Å². The van der Waals surface area contributed by atoms with Gasteiger partial charge in [0.1, 0.15) is 11.8 Å². The molecular weight excluding hydrogens is 322 g/mol. The summed E-state index contributed by atoms with van der Waals surface area (Å²) < 4.78 is 6.20. The standard InChI is InChI=1S/C13H8BrN5O/c1-7-4-8(14)2-3-9(7)12-17-13(20-19-12)10-6-16-18-11(10)5-15/h2-4,6H,1H3,(H,16,18). The van der Waals surface area contributed by atoms with E-state index in [1.807, 2.05) is 31.2 Å². The first-order chi connectivity index (χ1) is 9.69. The number of aryl methyl sites for hydroxylation is 1. The molecule has 0 aliphatic carbocycles. The molecular formula is C13H8BrN5O. The Balaban J connectivity index is 2.05. The summed E-state index contributed by atoms with van der Waals surface area (Å²) >= 11 is 3.41. The molecule has 0 unspecified atom stereocenters. The average molecular weight is 330 g/mol. The van der Waals surface area contributed by atoms with Crippen LogP contribution < -0.4 is 0 Å². The van der Waals surface area contributed by atoms with Crippen LogP contribution in [0.1, 0.15) is 11.3 Å². The van der Waals surface area contributed by atoms with E-state index >= 15 is 0 Å². The largest absolute Gasteiger partial charge is 0.333 e. The SMILES string of the molecule is Cc1cc(Br)ccc1-c1noc(-c2cn[nH]c2C#N)n1. The van der Waals surface area contributed by atoms with Crippen LogP contribution in [0.4, 0.5) is 0 Å². The lowest BCUT2D eigenvalue weighted by Gasteiger charge is -2.00. The van der Waals surface area contributed by atoms with Gasteiger partial charge >= 0.3 is 0 Å². The predicted molar refractivity (Wildman–Crippen MR) is 74.5 cm³/mol. The van der Waals surface area contributed by atoms with Crippen molar-refractivity contribution in [3.05, 3.63) is 40.1 Å². The van der Waals surface area contributed by atoms with Crippen molar-refractivity contribution < 1.29 is 4.52 Å². The van der Waals surface area contributed by atoms with E-state index in [1.54, 1.807) is 0 Å². The second kappa shape index (κ2) is 4.90. The molecule has 0 spiro atoms. The molecule has 3 rings (SSSR count). The van der Waals surface area contributed by atoms with Crippen molar-refractivity contribution >= 4 is 15.9 Å². The summed E-state index contributed by atoms with van der Waals surface area (Å²) in [6.45, 7) is 1.97. The lowest BCUT2D eigenvalue weighted by atomic mass is 10.1. The van der Waals surface area contributed by atoms with Crippen LogP contribution in [-0.4, -0.2) is 20.3 Å². The van der Waals surface area contributed by atoms with Crippen LogP contribution in [0.15, 0.2) is 33.4 Å². The highest BCUT2D eigenvalue weighted by molar-refractivity contribution is 9.10. The fraction of sp³-hybridized carbons (Fsp3) is 0.0769. The molecule has 6 nitrogen and oxygen atoms in total. The minimum absolute atomic E-state index is 0.271. The van der Waals surface area contributed by atoms with Crippen molar-refractivity contribution in [2.24, 2.45) is 0 Å². The summed E-state index contributed by atoms with van der Waals surface area (Å²) in [4.78, 5) is 4.32. The van der Waals surface area contributed by atoms with Crippen molar-refractivity contribution in [1.29, 1.82) is 5.26 Å². The monoisotopic (exact) mass is 329 g/mol. The molecule has 3 aromatic rings. The maximum absolute atomic E-state index is 8.95. The summed E-state index contributed by atoms with van der Waals surface area (Å²) in [5.41, 5.74) is 2.71. The highest BCUT2D eigenvalue weighted by atomic mass is 79.9. The van der Waals surface area contributed by atoms with Gasteiger partial charge in [-0.3, -0.25) is 5.10 Å². The molecule has 0 aliphatic rings. The predicted octanol–water partition coefficient (Wildman–Crippen LogP) is 3.07. The quantitative estimate of drug-likeness (QED) is 0.780. The Bertz CT molecular complexity index is 814. The number of aromatic nitrogens is 4. The van der Waals surface area contributed by atoms with Gasteiger partial charge in [-0.1, -0.05) is 21.1 Å². The Hall–Kier alpha value is -2.46. The van der Waals surface area contributed by atoms with E-state index in [1.165, 1.54) is 6.20 Å². The number of hydrogen-bond acceptors (Lipinski definition) is 5. The molecule has 1 aromatic carbocycles. The smallest absolute Gasteiger partial charge is 0.262 e. The first-order valence-electron chi connectivity index (χ1n) is 5.73. The molecule has 98 valence electrons. The van der Waals surface area contributed by atoms with E-state index in [0.29, 0.717) is 17.1 Å². The van der Waals surface area contributed by atoms with E-state index in [2.05, 4.69) is 36.3 Å². The van der Waals surface area contributed by atoms with Gasteiger partial charge in [0.25, 0.3) is 5.89 Å². The van der Waals surface area contributed by atoms with E-state index in [-0.39, 0.29) is 5.89 Å². The third kappa shape index (κ3) is 2.10. The molecule has 1 N–H and O–H groups in total. The van der Waals surface area contributed by atoms with Gasteiger partial charge in [-0.05, 0) is 30.7 Å². The first kappa shape index (κ1) is 12.6. The Morgan fingerprint density at radius 2 is 2.20 bits per heavy atom. The normalized spacial score (nSPS) is 10.4. The van der Waals surface area contributed by atoms with Crippen LogP contribution in [0, 0.1) is 18.3 Å². The molecule has 20 heavy (non-hydrogen) atoms. The zero-order valence-electron chi connectivity index (χ0n) is 10.4. The van der Waals surface area contributed by atoms with Gasteiger partial charge in [0.15, 0.2) is 0 Å². The summed E-state index contributed by atoms with van der Waals surface area (Å²) in [6.07, 6.45) is 1.49. The molecule has 0 saturated carbocycles. The fourth-order valence-corrected chi connectivity index (χ4v) is 2.33. The van der Waals surface area contributed by atoms with Crippen LogP contribution in [0.25, 0.3) is 22.8 Å². The van der Waals surface area contributed by atoms with Crippen LogP contribution in [0.2, 0.25) is 0 Å². The summed E-state index contributed by atoms with van der Waals surface area (Å²) in [5, 5.41) is 19.3. The summed E-state index contributed by atoms with van der Waals surface area (Å²) in [5.74, 6) is 0.753. The Kier molecular flexibility index (Phi) is 3.08. The molecule has 0 aliphatic heterocycles. The summed E-state index contributed by atoms with van der Waals surface area (Å²) in [6, 6.07) is 7.79. The molecule has 0 saturated heterocycles. The maximum atomic E-state index is 8.95. The first-order valence-corrected chi connectivity index (χ1v) is 6.52. The number of aromatic amines is 1. The maximum Gasteiger partial charge on any atom is 0.262 e. The van der Waals surface area contributed by atoms with Gasteiger partial charge in [-0.15, -0.1) is 0 Å². The molecule has 0 amide bonds. The number of hydrogen-bond donors (Lipinski definition) is 1. The van der Waals surface area contributed by atoms with Gasteiger partial charge in [0.2, 0.25) is 5.82 Å². The zero-order valence-corrected chi connectivity index (χ0v) is 12.0. The second-order valence-electron chi connectivity index (χ2n) is 4.15. The molecule has 0 bridgehead atoms. The topological polar surface area (TPSA) is 91.4 Å². The average Bonchev–Trinajstić information content (AvgIpc) is 3.06.